The monoisotopic (exact) mass is 304 g/mol. The van der Waals surface area contributed by atoms with E-state index in [-0.39, 0.29) is 12.5 Å². The predicted molar refractivity (Wildman–Crippen MR) is 85.4 cm³/mol. The number of benzene rings is 1. The van der Waals surface area contributed by atoms with E-state index in [1.54, 1.807) is 6.20 Å². The first-order valence-corrected chi connectivity index (χ1v) is 7.91. The van der Waals surface area contributed by atoms with E-state index in [1.165, 1.54) is 11.3 Å². The Morgan fingerprint density at radius 1 is 1.29 bits per heavy atom. The Balaban J connectivity index is 2.03. The van der Waals surface area contributed by atoms with Gasteiger partial charge in [0.2, 0.25) is 0 Å². The fourth-order valence-corrected chi connectivity index (χ4v) is 2.76. The minimum Gasteiger partial charge on any atom is -0.388 e. The highest BCUT2D eigenvalue weighted by Crippen LogP contribution is 2.24. The minimum atomic E-state index is -0.831. The van der Waals surface area contributed by atoms with Crippen LogP contribution in [0.4, 0.5) is 0 Å². The summed E-state index contributed by atoms with van der Waals surface area (Å²) in [5.74, 6) is -0.185. The van der Waals surface area contributed by atoms with Crippen molar-refractivity contribution in [1.82, 2.24) is 10.3 Å². The normalized spacial score (nSPS) is 11.4. The number of nitrogens with one attached hydrogen (secondary N) is 1. The van der Waals surface area contributed by atoms with Gasteiger partial charge in [0.05, 0.1) is 11.8 Å². The average molecular weight is 304 g/mol. The lowest BCUT2D eigenvalue weighted by molar-refractivity contribution is 0.0314. The third-order valence-electron chi connectivity index (χ3n) is 3.64. The van der Waals surface area contributed by atoms with Crippen LogP contribution in [0.2, 0.25) is 0 Å². The first-order valence-electron chi connectivity index (χ1n) is 7.10. The maximum atomic E-state index is 12.1. The zero-order valence-electron chi connectivity index (χ0n) is 12.3. The summed E-state index contributed by atoms with van der Waals surface area (Å²) < 4.78 is 0. The molecule has 0 aliphatic carbocycles. The van der Waals surface area contributed by atoms with E-state index in [9.17, 15) is 9.90 Å². The number of nitrogens with zero attached hydrogens (tertiary/aromatic N) is 1. The molecule has 21 heavy (non-hydrogen) atoms. The molecule has 112 valence electrons. The van der Waals surface area contributed by atoms with Crippen molar-refractivity contribution in [3.05, 3.63) is 41.4 Å². The number of aliphatic hydroxyl groups is 1. The molecule has 1 amide bonds. The van der Waals surface area contributed by atoms with Crippen LogP contribution in [0.3, 0.4) is 0 Å². The van der Waals surface area contributed by atoms with E-state index in [0.717, 1.165) is 10.6 Å². The second kappa shape index (κ2) is 6.83. The Morgan fingerprint density at radius 3 is 2.57 bits per heavy atom. The molecule has 0 aliphatic rings. The number of rotatable bonds is 6. The Kier molecular flexibility index (Phi) is 5.09. The highest BCUT2D eigenvalue weighted by molar-refractivity contribution is 7.16. The molecule has 0 spiro atoms. The number of aromatic nitrogens is 1. The third-order valence-corrected chi connectivity index (χ3v) is 4.69. The lowest BCUT2D eigenvalue weighted by Crippen LogP contribution is -2.41. The van der Waals surface area contributed by atoms with Gasteiger partial charge in [-0.15, -0.1) is 11.3 Å². The van der Waals surface area contributed by atoms with Crippen molar-refractivity contribution in [1.29, 1.82) is 0 Å². The number of carbonyl (C=O) groups is 1. The van der Waals surface area contributed by atoms with E-state index < -0.39 is 5.60 Å². The summed E-state index contributed by atoms with van der Waals surface area (Å²) in [6.07, 6.45) is 2.81. The summed E-state index contributed by atoms with van der Waals surface area (Å²) in [5, 5.41) is 13.8. The van der Waals surface area contributed by atoms with Crippen molar-refractivity contribution in [2.75, 3.05) is 6.54 Å². The van der Waals surface area contributed by atoms with Gasteiger partial charge >= 0.3 is 0 Å². The molecular formula is C16H20N2O2S. The number of carbonyl (C=O) groups excluding carboxylic acids is 1. The molecule has 2 rings (SSSR count). The van der Waals surface area contributed by atoms with Gasteiger partial charge in [0.15, 0.2) is 0 Å². The summed E-state index contributed by atoms with van der Waals surface area (Å²) in [5.41, 5.74) is 0.169. The Morgan fingerprint density at radius 2 is 1.95 bits per heavy atom. The summed E-state index contributed by atoms with van der Waals surface area (Å²) in [6.45, 7) is 4.09. The molecule has 1 aromatic carbocycles. The fourth-order valence-electron chi connectivity index (χ4n) is 1.93. The summed E-state index contributed by atoms with van der Waals surface area (Å²) >= 11 is 1.36. The van der Waals surface area contributed by atoms with Crippen LogP contribution in [0.25, 0.3) is 10.6 Å². The summed E-state index contributed by atoms with van der Waals surface area (Å²) in [6, 6.07) is 9.76. The molecule has 0 bridgehead atoms. The van der Waals surface area contributed by atoms with Gasteiger partial charge in [-0.3, -0.25) is 4.79 Å². The third kappa shape index (κ3) is 3.89. The Bertz CT molecular complexity index is 591. The van der Waals surface area contributed by atoms with Gasteiger partial charge < -0.3 is 10.4 Å². The van der Waals surface area contributed by atoms with Crippen LogP contribution in [-0.4, -0.2) is 28.1 Å². The van der Waals surface area contributed by atoms with Crippen molar-refractivity contribution in [2.45, 2.75) is 32.3 Å². The van der Waals surface area contributed by atoms with E-state index >= 15 is 0 Å². The van der Waals surface area contributed by atoms with Gasteiger partial charge in [0.25, 0.3) is 5.91 Å². The molecule has 4 nitrogen and oxygen atoms in total. The van der Waals surface area contributed by atoms with Gasteiger partial charge in [-0.2, -0.15) is 0 Å². The van der Waals surface area contributed by atoms with Gasteiger partial charge in [0, 0.05) is 12.1 Å². The maximum absolute atomic E-state index is 12.1. The van der Waals surface area contributed by atoms with Crippen LogP contribution >= 0.6 is 11.3 Å². The van der Waals surface area contributed by atoms with Crippen LogP contribution in [0.5, 0.6) is 0 Å². The minimum absolute atomic E-state index is 0.185. The molecule has 2 aromatic rings. The summed E-state index contributed by atoms with van der Waals surface area (Å²) in [7, 11) is 0. The molecule has 1 aromatic heterocycles. The lowest BCUT2D eigenvalue weighted by atomic mass is 9.98. The van der Waals surface area contributed by atoms with Crippen molar-refractivity contribution >= 4 is 17.2 Å². The Hall–Kier alpha value is -1.72. The molecular weight excluding hydrogens is 284 g/mol. The highest BCUT2D eigenvalue weighted by Gasteiger charge is 2.23. The van der Waals surface area contributed by atoms with Gasteiger partial charge in [-0.1, -0.05) is 44.2 Å². The first-order chi connectivity index (χ1) is 10.1. The van der Waals surface area contributed by atoms with Crippen molar-refractivity contribution < 1.29 is 9.90 Å². The van der Waals surface area contributed by atoms with Crippen LogP contribution < -0.4 is 5.32 Å². The molecule has 0 unspecified atom stereocenters. The number of amides is 1. The average Bonchev–Trinajstić information content (AvgIpc) is 3.03. The first kappa shape index (κ1) is 15.7. The Labute approximate surface area is 128 Å². The van der Waals surface area contributed by atoms with Crippen molar-refractivity contribution in [3.63, 3.8) is 0 Å². The van der Waals surface area contributed by atoms with Crippen LogP contribution in [0.15, 0.2) is 36.5 Å². The van der Waals surface area contributed by atoms with E-state index in [2.05, 4.69) is 10.3 Å². The second-order valence-corrected chi connectivity index (χ2v) is 6.04. The zero-order valence-corrected chi connectivity index (χ0v) is 13.1. The maximum Gasteiger partial charge on any atom is 0.263 e. The molecule has 0 saturated carbocycles. The zero-order chi connectivity index (χ0) is 15.3. The second-order valence-electron chi connectivity index (χ2n) is 5.01. The molecule has 2 N–H and O–H groups in total. The van der Waals surface area contributed by atoms with Crippen molar-refractivity contribution in [2.24, 2.45) is 0 Å². The molecule has 0 aliphatic heterocycles. The summed E-state index contributed by atoms with van der Waals surface area (Å²) in [4.78, 5) is 17.0. The number of hydrogen-bond donors (Lipinski definition) is 2. The van der Waals surface area contributed by atoms with E-state index in [0.29, 0.717) is 17.7 Å². The number of thiazole rings is 1. The van der Waals surface area contributed by atoms with Crippen LogP contribution in [-0.2, 0) is 0 Å². The topological polar surface area (TPSA) is 62.2 Å². The van der Waals surface area contributed by atoms with Gasteiger partial charge in [-0.25, -0.2) is 4.98 Å². The molecule has 1 heterocycles. The molecule has 0 radical (unpaired) electrons. The highest BCUT2D eigenvalue weighted by atomic mass is 32.1. The fraction of sp³-hybridized carbons (Fsp3) is 0.375. The molecule has 0 fully saturated rings. The van der Waals surface area contributed by atoms with Gasteiger partial charge in [-0.05, 0) is 12.8 Å². The van der Waals surface area contributed by atoms with Gasteiger partial charge in [0.1, 0.15) is 9.88 Å². The molecule has 0 atom stereocenters. The molecule has 5 heteroatoms. The van der Waals surface area contributed by atoms with E-state index in [1.807, 2.05) is 44.2 Å². The largest absolute Gasteiger partial charge is 0.388 e. The van der Waals surface area contributed by atoms with Crippen LogP contribution in [0, 0.1) is 0 Å². The van der Waals surface area contributed by atoms with Crippen molar-refractivity contribution in [3.8, 4) is 10.6 Å². The smallest absolute Gasteiger partial charge is 0.263 e. The van der Waals surface area contributed by atoms with Crippen LogP contribution in [0.1, 0.15) is 36.4 Å². The lowest BCUT2D eigenvalue weighted by Gasteiger charge is -2.25. The quantitative estimate of drug-likeness (QED) is 0.862. The molecule has 0 saturated heterocycles. The SMILES string of the molecule is CCC(O)(CC)CNC(=O)c1cnc(-c2ccccc2)s1. The number of hydrogen-bond acceptors (Lipinski definition) is 4. The predicted octanol–water partition coefficient (Wildman–Crippen LogP) is 3.09. The standard InChI is InChI=1S/C16H20N2O2S/c1-3-16(20,4-2)11-18-14(19)13-10-17-15(21-13)12-8-6-5-7-9-12/h5-10,20H,3-4,11H2,1-2H3,(H,18,19). The van der Waals surface area contributed by atoms with E-state index in [4.69, 9.17) is 0 Å².